The third kappa shape index (κ3) is 5.34. The van der Waals surface area contributed by atoms with Crippen LogP contribution in [-0.2, 0) is 4.79 Å². The number of carbonyl (C=O) groups is 1. The van der Waals surface area contributed by atoms with Gasteiger partial charge in [0.05, 0.1) is 0 Å². The fourth-order valence-corrected chi connectivity index (χ4v) is 3.90. The number of hydrogen-bond donors (Lipinski definition) is 1. The highest BCUT2D eigenvalue weighted by molar-refractivity contribution is 5.91. The van der Waals surface area contributed by atoms with Crippen LogP contribution >= 0.6 is 0 Å². The van der Waals surface area contributed by atoms with Crippen LogP contribution in [0.15, 0.2) is 61.1 Å². The lowest BCUT2D eigenvalue weighted by Crippen LogP contribution is -2.38. The van der Waals surface area contributed by atoms with E-state index in [9.17, 15) is 4.79 Å². The van der Waals surface area contributed by atoms with E-state index >= 15 is 0 Å². The van der Waals surface area contributed by atoms with Crippen LogP contribution in [0.2, 0.25) is 0 Å². The Morgan fingerprint density at radius 2 is 2.06 bits per heavy atom. The van der Waals surface area contributed by atoms with E-state index in [1.807, 2.05) is 55.2 Å². The molecule has 1 aliphatic heterocycles. The van der Waals surface area contributed by atoms with Gasteiger partial charge in [-0.1, -0.05) is 12.1 Å². The zero-order chi connectivity index (χ0) is 21.6. The number of rotatable bonds is 5. The van der Waals surface area contributed by atoms with Crippen molar-refractivity contribution in [2.24, 2.45) is 0 Å². The number of anilines is 2. The van der Waals surface area contributed by atoms with Crippen molar-refractivity contribution in [2.45, 2.75) is 32.6 Å². The number of pyridine rings is 3. The molecule has 4 heterocycles. The van der Waals surface area contributed by atoms with Crippen molar-refractivity contribution in [1.29, 1.82) is 0 Å². The summed E-state index contributed by atoms with van der Waals surface area (Å²) in [7, 11) is 0. The lowest BCUT2D eigenvalue weighted by atomic mass is 9.93. The summed E-state index contributed by atoms with van der Waals surface area (Å²) in [6, 6.07) is 11.9. The Hall–Kier alpha value is -3.54. The first-order chi connectivity index (χ1) is 15.1. The molecular formula is C25H27N5O. The van der Waals surface area contributed by atoms with Crippen LogP contribution in [0.3, 0.4) is 0 Å². The average Bonchev–Trinajstić information content (AvgIpc) is 2.79. The van der Waals surface area contributed by atoms with Crippen LogP contribution in [0.25, 0.3) is 6.08 Å². The van der Waals surface area contributed by atoms with Crippen molar-refractivity contribution >= 4 is 23.5 Å². The molecule has 1 fully saturated rings. The minimum atomic E-state index is 0.0312. The molecule has 1 saturated heterocycles. The first-order valence-electron chi connectivity index (χ1n) is 10.6. The Labute approximate surface area is 183 Å². The second-order valence-electron chi connectivity index (χ2n) is 7.96. The molecule has 0 saturated carbocycles. The minimum Gasteiger partial charge on any atom is -0.340 e. The number of aromatic nitrogens is 3. The summed E-state index contributed by atoms with van der Waals surface area (Å²) in [5.74, 6) is 1.10. The van der Waals surface area contributed by atoms with Gasteiger partial charge in [-0.05, 0) is 68.2 Å². The van der Waals surface area contributed by atoms with Crippen molar-refractivity contribution in [3.05, 3.63) is 83.6 Å². The van der Waals surface area contributed by atoms with Gasteiger partial charge in [-0.25, -0.2) is 4.98 Å². The van der Waals surface area contributed by atoms with Crippen molar-refractivity contribution in [2.75, 3.05) is 18.4 Å². The third-order valence-corrected chi connectivity index (χ3v) is 5.50. The van der Waals surface area contributed by atoms with Crippen molar-refractivity contribution in [1.82, 2.24) is 19.9 Å². The average molecular weight is 414 g/mol. The molecule has 0 aliphatic carbocycles. The molecule has 1 amide bonds. The van der Waals surface area contributed by atoms with E-state index in [4.69, 9.17) is 4.98 Å². The van der Waals surface area contributed by atoms with Gasteiger partial charge >= 0.3 is 0 Å². The van der Waals surface area contributed by atoms with Gasteiger partial charge in [0.25, 0.3) is 0 Å². The molecule has 0 unspecified atom stereocenters. The number of hydrogen-bond acceptors (Lipinski definition) is 5. The van der Waals surface area contributed by atoms with Gasteiger partial charge in [0, 0.05) is 60.7 Å². The first-order valence-corrected chi connectivity index (χ1v) is 10.6. The summed E-state index contributed by atoms with van der Waals surface area (Å²) in [6.07, 6.45) is 10.7. The standard InChI is InChI=1S/C25H27N5O/c1-18-6-3-12-27-25(18)29-22-14-19(2)28-23(15-22)21-8-5-13-30(17-21)24(31)10-9-20-7-4-11-26-16-20/h3-4,6-7,9-12,14-16,21H,5,8,13,17H2,1-2H3,(H,27,28,29)/b10-9+/t21-/m1/s1. The number of nitrogens with zero attached hydrogens (tertiary/aromatic N) is 4. The largest absolute Gasteiger partial charge is 0.340 e. The van der Waals surface area contributed by atoms with E-state index in [0.717, 1.165) is 53.4 Å². The molecule has 3 aromatic rings. The Kier molecular flexibility index (Phi) is 6.36. The van der Waals surface area contributed by atoms with Gasteiger partial charge in [0.2, 0.25) is 5.91 Å². The highest BCUT2D eigenvalue weighted by Crippen LogP contribution is 2.29. The molecule has 0 spiro atoms. The molecule has 1 aliphatic rings. The normalized spacial score (nSPS) is 16.5. The van der Waals surface area contributed by atoms with E-state index in [1.54, 1.807) is 24.7 Å². The quantitative estimate of drug-likeness (QED) is 0.617. The van der Waals surface area contributed by atoms with E-state index < -0.39 is 0 Å². The molecule has 6 heteroatoms. The second-order valence-corrected chi connectivity index (χ2v) is 7.96. The van der Waals surface area contributed by atoms with Gasteiger partial charge in [-0.2, -0.15) is 0 Å². The van der Waals surface area contributed by atoms with E-state index in [2.05, 4.69) is 21.4 Å². The number of nitrogens with one attached hydrogen (secondary N) is 1. The summed E-state index contributed by atoms with van der Waals surface area (Å²) in [4.78, 5) is 28.0. The molecule has 0 aromatic carbocycles. The van der Waals surface area contributed by atoms with Crippen LogP contribution in [0.1, 0.15) is 41.3 Å². The molecule has 6 nitrogen and oxygen atoms in total. The van der Waals surface area contributed by atoms with Crippen LogP contribution in [0, 0.1) is 13.8 Å². The fourth-order valence-electron chi connectivity index (χ4n) is 3.90. The highest BCUT2D eigenvalue weighted by Gasteiger charge is 2.25. The summed E-state index contributed by atoms with van der Waals surface area (Å²) in [5.41, 5.74) is 4.96. The molecule has 1 N–H and O–H groups in total. The lowest BCUT2D eigenvalue weighted by molar-refractivity contribution is -0.127. The molecule has 1 atom stereocenters. The lowest BCUT2D eigenvalue weighted by Gasteiger charge is -2.32. The summed E-state index contributed by atoms with van der Waals surface area (Å²) < 4.78 is 0. The van der Waals surface area contributed by atoms with E-state index in [-0.39, 0.29) is 11.8 Å². The minimum absolute atomic E-state index is 0.0312. The third-order valence-electron chi connectivity index (χ3n) is 5.50. The molecular weight excluding hydrogens is 386 g/mol. The number of piperidine rings is 1. The Morgan fingerprint density at radius 3 is 2.87 bits per heavy atom. The van der Waals surface area contributed by atoms with Gasteiger partial charge in [0.15, 0.2) is 0 Å². The van der Waals surface area contributed by atoms with Crippen LogP contribution < -0.4 is 5.32 Å². The Morgan fingerprint density at radius 1 is 1.19 bits per heavy atom. The maximum absolute atomic E-state index is 12.7. The number of aryl methyl sites for hydroxylation is 2. The van der Waals surface area contributed by atoms with Crippen LogP contribution in [0.4, 0.5) is 11.5 Å². The summed E-state index contributed by atoms with van der Waals surface area (Å²) in [6.45, 7) is 5.49. The van der Waals surface area contributed by atoms with Gasteiger partial charge in [0.1, 0.15) is 5.82 Å². The van der Waals surface area contributed by atoms with E-state index in [0.29, 0.717) is 6.54 Å². The van der Waals surface area contributed by atoms with Gasteiger partial charge in [-0.15, -0.1) is 0 Å². The first kappa shape index (κ1) is 20.7. The maximum atomic E-state index is 12.7. The molecule has 3 aromatic heterocycles. The topological polar surface area (TPSA) is 71.0 Å². The predicted molar refractivity (Wildman–Crippen MR) is 123 cm³/mol. The van der Waals surface area contributed by atoms with E-state index in [1.165, 1.54) is 0 Å². The van der Waals surface area contributed by atoms with Crippen LogP contribution in [-0.4, -0.2) is 38.8 Å². The molecule has 0 radical (unpaired) electrons. The Balaban J connectivity index is 1.47. The summed E-state index contributed by atoms with van der Waals surface area (Å²) >= 11 is 0. The zero-order valence-electron chi connectivity index (χ0n) is 18.0. The predicted octanol–water partition coefficient (Wildman–Crippen LogP) is 4.65. The second kappa shape index (κ2) is 9.51. The van der Waals surface area contributed by atoms with Crippen molar-refractivity contribution in [3.63, 3.8) is 0 Å². The summed E-state index contributed by atoms with van der Waals surface area (Å²) in [5, 5.41) is 3.42. The maximum Gasteiger partial charge on any atom is 0.246 e. The monoisotopic (exact) mass is 413 g/mol. The zero-order valence-corrected chi connectivity index (χ0v) is 18.0. The van der Waals surface area contributed by atoms with Crippen molar-refractivity contribution < 1.29 is 4.79 Å². The molecule has 4 rings (SSSR count). The van der Waals surface area contributed by atoms with Gasteiger partial charge in [-0.3, -0.25) is 14.8 Å². The molecule has 0 bridgehead atoms. The number of amides is 1. The molecule has 31 heavy (non-hydrogen) atoms. The SMILES string of the molecule is Cc1cc(Nc2ncccc2C)cc([C@@H]2CCCN(C(=O)/C=C/c3cccnc3)C2)n1. The number of likely N-dealkylation sites (tertiary alicyclic amines) is 1. The van der Waals surface area contributed by atoms with Crippen molar-refractivity contribution in [3.8, 4) is 0 Å². The number of carbonyl (C=O) groups excluding carboxylic acids is 1. The fraction of sp³-hybridized carbons (Fsp3) is 0.280. The highest BCUT2D eigenvalue weighted by atomic mass is 16.2. The van der Waals surface area contributed by atoms with Crippen LogP contribution in [0.5, 0.6) is 0 Å². The smallest absolute Gasteiger partial charge is 0.246 e. The van der Waals surface area contributed by atoms with Gasteiger partial charge < -0.3 is 10.2 Å². The Bertz CT molecular complexity index is 1080. The molecule has 158 valence electrons.